The smallest absolute Gasteiger partial charge is 0.250 e. The van der Waals surface area contributed by atoms with E-state index in [4.69, 9.17) is 0 Å². The van der Waals surface area contributed by atoms with E-state index in [1.165, 1.54) is 39.9 Å². The average molecular weight is 486 g/mol. The number of anilines is 1. The SMILES string of the molecule is CCN(CC)c1ccc(C=NNC(=O)CSc2nnc(SCc3ccc(C)cc3)s2)cc1. The molecule has 32 heavy (non-hydrogen) atoms. The summed E-state index contributed by atoms with van der Waals surface area (Å²) in [5.41, 5.74) is 7.20. The third kappa shape index (κ3) is 7.65. The van der Waals surface area contributed by atoms with Gasteiger partial charge in [-0.2, -0.15) is 5.10 Å². The van der Waals surface area contributed by atoms with Crippen molar-refractivity contribution in [2.24, 2.45) is 5.10 Å². The molecule has 0 atom stereocenters. The summed E-state index contributed by atoms with van der Waals surface area (Å²) >= 11 is 4.53. The van der Waals surface area contributed by atoms with Crippen LogP contribution < -0.4 is 10.3 Å². The number of hydrogen-bond donors (Lipinski definition) is 1. The first-order chi connectivity index (χ1) is 15.6. The maximum Gasteiger partial charge on any atom is 0.250 e. The second-order valence-corrected chi connectivity index (χ2v) is 10.4. The molecule has 0 spiro atoms. The highest BCUT2D eigenvalue weighted by Gasteiger charge is 2.09. The number of amides is 1. The molecule has 1 N–H and O–H groups in total. The van der Waals surface area contributed by atoms with Crippen molar-refractivity contribution in [3.05, 3.63) is 65.2 Å². The van der Waals surface area contributed by atoms with Crippen molar-refractivity contribution in [2.75, 3.05) is 23.7 Å². The van der Waals surface area contributed by atoms with Gasteiger partial charge in [-0.1, -0.05) is 76.8 Å². The van der Waals surface area contributed by atoms with Gasteiger partial charge >= 0.3 is 0 Å². The molecule has 0 aliphatic rings. The van der Waals surface area contributed by atoms with Crippen LogP contribution in [-0.2, 0) is 10.5 Å². The van der Waals surface area contributed by atoms with Crippen LogP contribution in [0.1, 0.15) is 30.5 Å². The van der Waals surface area contributed by atoms with Crippen LogP contribution in [0.2, 0.25) is 0 Å². The molecular formula is C23H27N5OS3. The van der Waals surface area contributed by atoms with Gasteiger partial charge in [0.2, 0.25) is 0 Å². The topological polar surface area (TPSA) is 70.5 Å². The van der Waals surface area contributed by atoms with E-state index in [0.29, 0.717) is 0 Å². The Labute approximate surface area is 201 Å². The van der Waals surface area contributed by atoms with Gasteiger partial charge in [0, 0.05) is 24.5 Å². The van der Waals surface area contributed by atoms with E-state index in [9.17, 15) is 4.79 Å². The van der Waals surface area contributed by atoms with Gasteiger partial charge in [0.1, 0.15) is 0 Å². The zero-order chi connectivity index (χ0) is 22.8. The lowest BCUT2D eigenvalue weighted by molar-refractivity contribution is -0.118. The number of nitrogens with zero attached hydrogens (tertiary/aromatic N) is 4. The zero-order valence-corrected chi connectivity index (χ0v) is 20.9. The molecule has 0 saturated carbocycles. The Bertz CT molecular complexity index is 1010. The molecule has 0 saturated heterocycles. The summed E-state index contributed by atoms with van der Waals surface area (Å²) in [5.74, 6) is 0.926. The highest BCUT2D eigenvalue weighted by Crippen LogP contribution is 2.30. The van der Waals surface area contributed by atoms with Gasteiger partial charge in [0.05, 0.1) is 12.0 Å². The summed E-state index contributed by atoms with van der Waals surface area (Å²) in [6, 6.07) is 16.6. The molecule has 9 heteroatoms. The third-order valence-corrected chi connectivity index (χ3v) is 7.88. The Morgan fingerprint density at radius 1 is 1.03 bits per heavy atom. The Morgan fingerprint density at radius 3 is 2.34 bits per heavy atom. The Hall–Kier alpha value is -2.36. The zero-order valence-electron chi connectivity index (χ0n) is 18.4. The lowest BCUT2D eigenvalue weighted by Crippen LogP contribution is -2.21. The second kappa shape index (κ2) is 12.6. The fourth-order valence-corrected chi connectivity index (χ4v) is 5.61. The molecule has 0 radical (unpaired) electrons. The van der Waals surface area contributed by atoms with E-state index in [0.717, 1.165) is 33.1 Å². The third-order valence-electron chi connectivity index (χ3n) is 4.62. The fraction of sp³-hybridized carbons (Fsp3) is 0.304. The number of thioether (sulfide) groups is 2. The van der Waals surface area contributed by atoms with Gasteiger partial charge in [-0.3, -0.25) is 4.79 Å². The molecule has 168 valence electrons. The lowest BCUT2D eigenvalue weighted by Gasteiger charge is -2.20. The van der Waals surface area contributed by atoms with E-state index >= 15 is 0 Å². The summed E-state index contributed by atoms with van der Waals surface area (Å²) in [6.07, 6.45) is 1.65. The maximum absolute atomic E-state index is 12.1. The summed E-state index contributed by atoms with van der Waals surface area (Å²) in [6.45, 7) is 8.30. The number of rotatable bonds is 11. The molecule has 2 aromatic carbocycles. The van der Waals surface area contributed by atoms with Crippen molar-refractivity contribution in [3.63, 3.8) is 0 Å². The van der Waals surface area contributed by atoms with E-state index in [1.807, 2.05) is 12.1 Å². The minimum Gasteiger partial charge on any atom is -0.372 e. The predicted molar refractivity (Wildman–Crippen MR) is 137 cm³/mol. The summed E-state index contributed by atoms with van der Waals surface area (Å²) in [5, 5.41) is 12.4. The molecule has 0 bridgehead atoms. The van der Waals surface area contributed by atoms with Gasteiger partial charge in [-0.15, -0.1) is 10.2 Å². The number of benzene rings is 2. The molecule has 6 nitrogen and oxygen atoms in total. The molecule has 0 fully saturated rings. The van der Waals surface area contributed by atoms with Crippen molar-refractivity contribution in [1.82, 2.24) is 15.6 Å². The number of aryl methyl sites for hydroxylation is 1. The van der Waals surface area contributed by atoms with E-state index in [-0.39, 0.29) is 11.7 Å². The Kier molecular flexibility index (Phi) is 9.58. The highest BCUT2D eigenvalue weighted by molar-refractivity contribution is 8.03. The van der Waals surface area contributed by atoms with Crippen LogP contribution in [0.3, 0.4) is 0 Å². The van der Waals surface area contributed by atoms with E-state index < -0.39 is 0 Å². The summed E-state index contributed by atoms with van der Waals surface area (Å²) in [7, 11) is 0. The molecular weight excluding hydrogens is 458 g/mol. The van der Waals surface area contributed by atoms with Gasteiger partial charge in [-0.05, 0) is 44.0 Å². The van der Waals surface area contributed by atoms with E-state index in [1.54, 1.807) is 18.0 Å². The number of hydrazone groups is 1. The van der Waals surface area contributed by atoms with Crippen LogP contribution in [0.25, 0.3) is 0 Å². The number of carbonyl (C=O) groups excluding carboxylic acids is 1. The van der Waals surface area contributed by atoms with Crippen LogP contribution >= 0.6 is 34.9 Å². The predicted octanol–water partition coefficient (Wildman–Crippen LogP) is 5.23. The Balaban J connectivity index is 1.39. The van der Waals surface area contributed by atoms with Gasteiger partial charge in [0.15, 0.2) is 8.68 Å². The molecule has 3 rings (SSSR count). The Morgan fingerprint density at radius 2 is 1.69 bits per heavy atom. The molecule has 3 aromatic rings. The highest BCUT2D eigenvalue weighted by atomic mass is 32.2. The van der Waals surface area contributed by atoms with Gasteiger partial charge in [-0.25, -0.2) is 5.43 Å². The maximum atomic E-state index is 12.1. The van der Waals surface area contributed by atoms with E-state index in [2.05, 4.69) is 82.8 Å². The average Bonchev–Trinajstić information content (AvgIpc) is 3.27. The normalized spacial score (nSPS) is 11.1. The van der Waals surface area contributed by atoms with Crippen molar-refractivity contribution in [3.8, 4) is 0 Å². The number of aromatic nitrogens is 2. The fourth-order valence-electron chi connectivity index (χ4n) is 2.84. The lowest BCUT2D eigenvalue weighted by atomic mass is 10.2. The minimum absolute atomic E-state index is 0.171. The molecule has 0 aliphatic heterocycles. The largest absolute Gasteiger partial charge is 0.372 e. The number of nitrogens with one attached hydrogen (secondary N) is 1. The molecule has 1 aromatic heterocycles. The van der Waals surface area contributed by atoms with Gasteiger partial charge in [0.25, 0.3) is 5.91 Å². The van der Waals surface area contributed by atoms with Crippen LogP contribution in [0.15, 0.2) is 62.3 Å². The van der Waals surface area contributed by atoms with Gasteiger partial charge < -0.3 is 4.90 Å². The standard InChI is InChI=1S/C23H27N5OS3/c1-4-28(5-2)20-12-10-18(11-13-20)14-24-25-21(29)16-31-23-27-26-22(32-23)30-15-19-8-6-17(3)7-9-19/h6-14H,4-5,15-16H2,1-3H3,(H,25,29). The molecule has 1 heterocycles. The monoisotopic (exact) mass is 485 g/mol. The summed E-state index contributed by atoms with van der Waals surface area (Å²) in [4.78, 5) is 14.3. The van der Waals surface area contributed by atoms with Crippen molar-refractivity contribution in [2.45, 2.75) is 35.2 Å². The first-order valence-electron chi connectivity index (χ1n) is 10.4. The molecule has 0 unspecified atom stereocenters. The second-order valence-electron chi connectivity index (χ2n) is 6.95. The number of hydrogen-bond acceptors (Lipinski definition) is 8. The first kappa shape index (κ1) is 24.3. The minimum atomic E-state index is -0.171. The summed E-state index contributed by atoms with van der Waals surface area (Å²) < 4.78 is 1.68. The van der Waals surface area contributed by atoms with Crippen molar-refractivity contribution in [1.29, 1.82) is 0 Å². The van der Waals surface area contributed by atoms with Crippen molar-refractivity contribution >= 4 is 52.7 Å². The molecule has 0 aliphatic carbocycles. The molecule has 1 amide bonds. The van der Waals surface area contributed by atoms with Crippen LogP contribution in [0, 0.1) is 6.92 Å². The van der Waals surface area contributed by atoms with Crippen molar-refractivity contribution < 1.29 is 4.79 Å². The van der Waals surface area contributed by atoms with Crippen LogP contribution in [0.4, 0.5) is 5.69 Å². The van der Waals surface area contributed by atoms with Crippen LogP contribution in [0.5, 0.6) is 0 Å². The quantitative estimate of drug-likeness (QED) is 0.228. The number of carbonyl (C=O) groups is 1. The first-order valence-corrected chi connectivity index (χ1v) is 13.2. The van der Waals surface area contributed by atoms with Crippen LogP contribution in [-0.4, -0.2) is 41.2 Å².